The summed E-state index contributed by atoms with van der Waals surface area (Å²) in [6.07, 6.45) is 0.654. The lowest BCUT2D eigenvalue weighted by atomic mass is 10.0. The smallest absolute Gasteiger partial charge is 0.325 e. The Morgan fingerprint density at radius 1 is 1.38 bits per heavy atom. The summed E-state index contributed by atoms with van der Waals surface area (Å²) < 4.78 is 10.5. The summed E-state index contributed by atoms with van der Waals surface area (Å²) in [6.45, 7) is 10.5. The van der Waals surface area contributed by atoms with Crippen molar-refractivity contribution in [3.8, 4) is 0 Å². The lowest BCUT2D eigenvalue weighted by molar-refractivity contribution is -0.150. The van der Waals surface area contributed by atoms with Gasteiger partial charge in [-0.1, -0.05) is 13.8 Å². The van der Waals surface area contributed by atoms with Crippen molar-refractivity contribution < 1.29 is 14.3 Å². The normalized spacial score (nSPS) is 16.9. The summed E-state index contributed by atoms with van der Waals surface area (Å²) in [4.78, 5) is 11.5. The summed E-state index contributed by atoms with van der Waals surface area (Å²) in [7, 11) is 0. The fraction of sp³-hybridized carbons (Fsp3) is 0.917. The maximum absolute atomic E-state index is 11.5. The molecule has 2 atom stereocenters. The second-order valence-corrected chi connectivity index (χ2v) is 4.71. The van der Waals surface area contributed by atoms with Crippen molar-refractivity contribution >= 4 is 5.97 Å². The van der Waals surface area contributed by atoms with E-state index in [4.69, 9.17) is 15.2 Å². The highest BCUT2D eigenvalue weighted by atomic mass is 16.5. The van der Waals surface area contributed by atoms with Crippen LogP contribution in [0.2, 0.25) is 0 Å². The molecule has 0 rings (SSSR count). The zero-order valence-corrected chi connectivity index (χ0v) is 11.1. The molecular weight excluding hydrogens is 206 g/mol. The van der Waals surface area contributed by atoms with Gasteiger partial charge in [0.15, 0.2) is 0 Å². The molecule has 0 aromatic heterocycles. The monoisotopic (exact) mass is 231 g/mol. The third-order valence-electron chi connectivity index (χ3n) is 2.68. The van der Waals surface area contributed by atoms with Crippen molar-refractivity contribution in [2.75, 3.05) is 13.2 Å². The predicted molar refractivity (Wildman–Crippen MR) is 64.1 cm³/mol. The molecule has 0 radical (unpaired) electrons. The van der Waals surface area contributed by atoms with Gasteiger partial charge in [-0.05, 0) is 33.1 Å². The van der Waals surface area contributed by atoms with E-state index in [0.29, 0.717) is 25.6 Å². The zero-order valence-electron chi connectivity index (χ0n) is 11.1. The van der Waals surface area contributed by atoms with Crippen LogP contribution in [0.15, 0.2) is 0 Å². The van der Waals surface area contributed by atoms with Crippen molar-refractivity contribution in [2.45, 2.75) is 52.7 Å². The lowest BCUT2D eigenvalue weighted by Gasteiger charge is -2.24. The molecule has 4 heteroatoms. The highest BCUT2D eigenvalue weighted by Gasteiger charge is 2.29. The third kappa shape index (κ3) is 5.47. The fourth-order valence-electron chi connectivity index (χ4n) is 1.05. The summed E-state index contributed by atoms with van der Waals surface area (Å²) >= 11 is 0. The highest BCUT2D eigenvalue weighted by Crippen LogP contribution is 2.11. The maximum atomic E-state index is 11.5. The van der Waals surface area contributed by atoms with E-state index in [0.717, 1.165) is 0 Å². The molecule has 0 aromatic rings. The molecule has 0 saturated heterocycles. The number of nitrogens with two attached hydrogens (primary N) is 1. The van der Waals surface area contributed by atoms with Crippen molar-refractivity contribution in [1.82, 2.24) is 0 Å². The first-order valence-corrected chi connectivity index (χ1v) is 5.89. The first kappa shape index (κ1) is 15.4. The van der Waals surface area contributed by atoms with E-state index in [1.54, 1.807) is 13.8 Å². The Hall–Kier alpha value is -0.610. The number of hydrogen-bond donors (Lipinski definition) is 1. The van der Waals surface area contributed by atoms with E-state index in [1.807, 2.05) is 6.92 Å². The van der Waals surface area contributed by atoms with E-state index < -0.39 is 5.54 Å². The largest absolute Gasteiger partial charge is 0.465 e. The van der Waals surface area contributed by atoms with E-state index in [2.05, 4.69) is 13.8 Å². The van der Waals surface area contributed by atoms with Gasteiger partial charge >= 0.3 is 5.97 Å². The van der Waals surface area contributed by atoms with Crippen LogP contribution in [0.25, 0.3) is 0 Å². The fourth-order valence-corrected chi connectivity index (χ4v) is 1.05. The molecule has 4 nitrogen and oxygen atoms in total. The van der Waals surface area contributed by atoms with Gasteiger partial charge in [0.2, 0.25) is 0 Å². The quantitative estimate of drug-likeness (QED) is 0.678. The van der Waals surface area contributed by atoms with Gasteiger partial charge in [-0.15, -0.1) is 0 Å². The topological polar surface area (TPSA) is 61.5 Å². The Morgan fingerprint density at radius 3 is 2.38 bits per heavy atom. The molecule has 0 fully saturated rings. The van der Waals surface area contributed by atoms with E-state index in [-0.39, 0.29) is 12.1 Å². The van der Waals surface area contributed by atoms with E-state index in [9.17, 15) is 4.79 Å². The Balaban J connectivity index is 3.95. The van der Waals surface area contributed by atoms with Crippen molar-refractivity contribution in [1.29, 1.82) is 0 Å². The van der Waals surface area contributed by atoms with Crippen molar-refractivity contribution in [3.63, 3.8) is 0 Å². The van der Waals surface area contributed by atoms with E-state index in [1.165, 1.54) is 0 Å². The van der Waals surface area contributed by atoms with Crippen LogP contribution < -0.4 is 5.73 Å². The molecule has 0 heterocycles. The summed E-state index contributed by atoms with van der Waals surface area (Å²) in [5.41, 5.74) is 4.90. The molecule has 0 spiro atoms. The first-order valence-electron chi connectivity index (χ1n) is 5.89. The van der Waals surface area contributed by atoms with Crippen molar-refractivity contribution in [2.24, 2.45) is 11.7 Å². The number of hydrogen-bond acceptors (Lipinski definition) is 4. The Labute approximate surface area is 98.5 Å². The van der Waals surface area contributed by atoms with Crippen LogP contribution in [0.1, 0.15) is 41.0 Å². The van der Waals surface area contributed by atoms with Crippen LogP contribution in [0.4, 0.5) is 0 Å². The minimum atomic E-state index is -0.952. The molecule has 0 bridgehead atoms. The Bertz CT molecular complexity index is 214. The average Bonchev–Trinajstić information content (AvgIpc) is 2.17. The van der Waals surface area contributed by atoms with E-state index >= 15 is 0 Å². The second kappa shape index (κ2) is 6.86. The zero-order chi connectivity index (χ0) is 12.8. The minimum absolute atomic E-state index is 0.179. The highest BCUT2D eigenvalue weighted by molar-refractivity contribution is 5.79. The molecule has 0 saturated carbocycles. The third-order valence-corrected chi connectivity index (χ3v) is 2.68. The van der Waals surface area contributed by atoms with Crippen LogP contribution in [-0.4, -0.2) is 30.8 Å². The van der Waals surface area contributed by atoms with Crippen molar-refractivity contribution in [3.05, 3.63) is 0 Å². The molecule has 0 aromatic carbocycles. The molecular formula is C12H25NO3. The molecule has 0 amide bonds. The van der Waals surface area contributed by atoms with Gasteiger partial charge < -0.3 is 15.2 Å². The summed E-state index contributed by atoms with van der Waals surface area (Å²) in [5, 5.41) is 0. The maximum Gasteiger partial charge on any atom is 0.325 e. The molecule has 0 aliphatic heterocycles. The summed E-state index contributed by atoms with van der Waals surface area (Å²) in [5.74, 6) is 0.0995. The summed E-state index contributed by atoms with van der Waals surface area (Å²) in [6, 6.07) is 0. The van der Waals surface area contributed by atoms with Gasteiger partial charge in [-0.3, -0.25) is 4.79 Å². The van der Waals surface area contributed by atoms with Crippen LogP contribution in [0.5, 0.6) is 0 Å². The van der Waals surface area contributed by atoms with Gasteiger partial charge in [0.25, 0.3) is 0 Å². The number of carbonyl (C=O) groups is 1. The number of rotatable bonds is 7. The van der Waals surface area contributed by atoms with Crippen LogP contribution >= 0.6 is 0 Å². The minimum Gasteiger partial charge on any atom is -0.465 e. The van der Waals surface area contributed by atoms with Crippen LogP contribution in [0.3, 0.4) is 0 Å². The molecule has 2 N–H and O–H groups in total. The Morgan fingerprint density at radius 2 is 1.94 bits per heavy atom. The molecule has 0 aliphatic rings. The lowest BCUT2D eigenvalue weighted by Crippen LogP contribution is -2.47. The van der Waals surface area contributed by atoms with Gasteiger partial charge in [0.05, 0.1) is 12.7 Å². The molecule has 0 aliphatic carbocycles. The second-order valence-electron chi connectivity index (χ2n) is 4.71. The molecule has 16 heavy (non-hydrogen) atoms. The Kier molecular flexibility index (Phi) is 6.60. The average molecular weight is 231 g/mol. The van der Waals surface area contributed by atoms with Crippen LogP contribution in [-0.2, 0) is 14.3 Å². The van der Waals surface area contributed by atoms with Gasteiger partial charge in [-0.25, -0.2) is 0 Å². The molecule has 2 unspecified atom stereocenters. The molecule has 96 valence electrons. The van der Waals surface area contributed by atoms with Gasteiger partial charge in [0, 0.05) is 6.61 Å². The number of ether oxygens (including phenoxy) is 2. The van der Waals surface area contributed by atoms with Gasteiger partial charge in [-0.2, -0.15) is 0 Å². The van der Waals surface area contributed by atoms with Crippen LogP contribution in [0, 0.1) is 5.92 Å². The predicted octanol–water partition coefficient (Wildman–Crippen LogP) is 1.72. The number of carbonyl (C=O) groups excluding carboxylic acids is 1. The first-order chi connectivity index (χ1) is 7.31. The van der Waals surface area contributed by atoms with Gasteiger partial charge in [0.1, 0.15) is 5.54 Å². The number of esters is 1. The SMILES string of the molecule is CCOC(=O)C(C)(N)CCOC(C)C(C)C. The standard InChI is InChI=1S/C12H25NO3/c1-6-15-11(14)12(5,13)7-8-16-10(4)9(2)3/h9-10H,6-8,13H2,1-5H3.